The molecule has 2 aromatic carbocycles. The summed E-state index contributed by atoms with van der Waals surface area (Å²) in [5.41, 5.74) is 1.02. The van der Waals surface area contributed by atoms with E-state index in [9.17, 15) is 4.79 Å². The SMILES string of the molecule is COc1cccc(CN(CC2CCCO2)C(=O)COCCOc2ccccc2)c1. The van der Waals surface area contributed by atoms with E-state index in [4.69, 9.17) is 18.9 Å². The standard InChI is InChI=1S/C23H29NO5/c1-26-21-10-5-7-19(15-21)16-24(17-22-11-6-12-28-22)23(25)18-27-13-14-29-20-8-3-2-4-9-20/h2-5,7-10,15,22H,6,11-14,16-18H2,1H3. The summed E-state index contributed by atoms with van der Waals surface area (Å²) in [6, 6.07) is 17.3. The maximum Gasteiger partial charge on any atom is 0.248 e. The molecule has 0 saturated carbocycles. The lowest BCUT2D eigenvalue weighted by molar-refractivity contribution is -0.138. The van der Waals surface area contributed by atoms with E-state index in [0.29, 0.717) is 26.3 Å². The lowest BCUT2D eigenvalue weighted by Crippen LogP contribution is -2.39. The first-order valence-electron chi connectivity index (χ1n) is 10.0. The summed E-state index contributed by atoms with van der Waals surface area (Å²) in [5.74, 6) is 1.52. The highest BCUT2D eigenvalue weighted by Gasteiger charge is 2.23. The maximum atomic E-state index is 12.8. The van der Waals surface area contributed by atoms with Crippen molar-refractivity contribution in [3.8, 4) is 11.5 Å². The second-order valence-corrected chi connectivity index (χ2v) is 6.97. The lowest BCUT2D eigenvalue weighted by Gasteiger charge is -2.26. The minimum Gasteiger partial charge on any atom is -0.497 e. The molecule has 1 aliphatic rings. The van der Waals surface area contributed by atoms with E-state index in [0.717, 1.165) is 36.5 Å². The van der Waals surface area contributed by atoms with Crippen molar-refractivity contribution in [2.24, 2.45) is 0 Å². The third-order valence-corrected chi connectivity index (χ3v) is 4.77. The van der Waals surface area contributed by atoms with Crippen LogP contribution in [0.5, 0.6) is 11.5 Å². The van der Waals surface area contributed by atoms with Gasteiger partial charge in [-0.2, -0.15) is 0 Å². The van der Waals surface area contributed by atoms with Gasteiger partial charge in [0.05, 0.1) is 19.8 Å². The van der Waals surface area contributed by atoms with Crippen molar-refractivity contribution in [1.82, 2.24) is 4.90 Å². The van der Waals surface area contributed by atoms with Gasteiger partial charge in [0.1, 0.15) is 24.7 Å². The zero-order valence-electron chi connectivity index (χ0n) is 16.9. The second-order valence-electron chi connectivity index (χ2n) is 6.97. The molecular formula is C23H29NO5. The van der Waals surface area contributed by atoms with Crippen molar-refractivity contribution in [2.75, 3.05) is 40.1 Å². The molecule has 0 bridgehead atoms. The fourth-order valence-corrected chi connectivity index (χ4v) is 3.27. The van der Waals surface area contributed by atoms with Crippen molar-refractivity contribution in [1.29, 1.82) is 0 Å². The molecular weight excluding hydrogens is 370 g/mol. The zero-order chi connectivity index (χ0) is 20.3. The Morgan fingerprint density at radius 3 is 2.69 bits per heavy atom. The van der Waals surface area contributed by atoms with E-state index >= 15 is 0 Å². The molecule has 0 aromatic heterocycles. The van der Waals surface area contributed by atoms with Crippen LogP contribution in [-0.2, 0) is 20.8 Å². The van der Waals surface area contributed by atoms with Gasteiger partial charge in [0.15, 0.2) is 0 Å². The second kappa shape index (κ2) is 11.4. The average molecular weight is 399 g/mol. The van der Waals surface area contributed by atoms with Crippen LogP contribution in [0.1, 0.15) is 18.4 Å². The summed E-state index contributed by atoms with van der Waals surface area (Å²) in [7, 11) is 1.64. The van der Waals surface area contributed by atoms with Crippen LogP contribution in [0.3, 0.4) is 0 Å². The highest BCUT2D eigenvalue weighted by molar-refractivity contribution is 5.77. The Morgan fingerprint density at radius 2 is 1.93 bits per heavy atom. The van der Waals surface area contributed by atoms with Crippen LogP contribution in [0.25, 0.3) is 0 Å². The lowest BCUT2D eigenvalue weighted by atomic mass is 10.1. The molecule has 3 rings (SSSR count). The smallest absolute Gasteiger partial charge is 0.248 e. The number of carbonyl (C=O) groups is 1. The van der Waals surface area contributed by atoms with E-state index in [2.05, 4.69) is 0 Å². The minimum absolute atomic E-state index is 0.0227. The molecule has 0 spiro atoms. The number of amides is 1. The minimum atomic E-state index is -0.0527. The first-order chi connectivity index (χ1) is 14.2. The van der Waals surface area contributed by atoms with Crippen molar-refractivity contribution in [3.63, 3.8) is 0 Å². The molecule has 1 amide bonds. The molecule has 1 aliphatic heterocycles. The van der Waals surface area contributed by atoms with Crippen LogP contribution < -0.4 is 9.47 Å². The molecule has 0 N–H and O–H groups in total. The maximum absolute atomic E-state index is 12.8. The van der Waals surface area contributed by atoms with Gasteiger partial charge in [-0.3, -0.25) is 4.79 Å². The summed E-state index contributed by atoms with van der Waals surface area (Å²) < 4.78 is 22.2. The largest absolute Gasteiger partial charge is 0.497 e. The number of rotatable bonds is 11. The van der Waals surface area contributed by atoms with Crippen LogP contribution >= 0.6 is 0 Å². The van der Waals surface area contributed by atoms with Crippen LogP contribution in [0.2, 0.25) is 0 Å². The Morgan fingerprint density at radius 1 is 1.10 bits per heavy atom. The number of nitrogens with zero attached hydrogens (tertiary/aromatic N) is 1. The van der Waals surface area contributed by atoms with E-state index in [1.54, 1.807) is 7.11 Å². The summed E-state index contributed by atoms with van der Waals surface area (Å²) in [4.78, 5) is 14.6. The number of para-hydroxylation sites is 1. The van der Waals surface area contributed by atoms with E-state index in [1.807, 2.05) is 59.5 Å². The highest BCUT2D eigenvalue weighted by atomic mass is 16.5. The first kappa shape index (κ1) is 21.1. The average Bonchev–Trinajstić information content (AvgIpc) is 3.27. The van der Waals surface area contributed by atoms with Gasteiger partial charge in [-0.25, -0.2) is 0 Å². The Balaban J connectivity index is 1.49. The third kappa shape index (κ3) is 7.07. The summed E-state index contributed by atoms with van der Waals surface area (Å²) in [5, 5.41) is 0. The number of hydrogen-bond donors (Lipinski definition) is 0. The van der Waals surface area contributed by atoms with Gasteiger partial charge < -0.3 is 23.8 Å². The summed E-state index contributed by atoms with van der Waals surface area (Å²) >= 11 is 0. The predicted molar refractivity (Wildman–Crippen MR) is 110 cm³/mol. The quantitative estimate of drug-likeness (QED) is 0.543. The molecule has 1 heterocycles. The number of hydrogen-bond acceptors (Lipinski definition) is 5. The predicted octanol–water partition coefficient (Wildman–Crippen LogP) is 3.30. The van der Waals surface area contributed by atoms with Crippen LogP contribution in [0, 0.1) is 0 Å². The normalized spacial score (nSPS) is 15.8. The fourth-order valence-electron chi connectivity index (χ4n) is 3.27. The third-order valence-electron chi connectivity index (χ3n) is 4.77. The number of carbonyl (C=O) groups excluding carboxylic acids is 1. The Labute approximate surface area is 172 Å². The van der Waals surface area contributed by atoms with Gasteiger partial charge in [0, 0.05) is 19.7 Å². The Kier molecular flexibility index (Phi) is 8.34. The van der Waals surface area contributed by atoms with E-state index in [-0.39, 0.29) is 18.6 Å². The van der Waals surface area contributed by atoms with E-state index in [1.165, 1.54) is 0 Å². The molecule has 29 heavy (non-hydrogen) atoms. The number of ether oxygens (including phenoxy) is 4. The molecule has 1 fully saturated rings. The van der Waals surface area contributed by atoms with Crippen LogP contribution in [0.15, 0.2) is 54.6 Å². The van der Waals surface area contributed by atoms with Gasteiger partial charge in [-0.05, 0) is 42.7 Å². The topological polar surface area (TPSA) is 57.2 Å². The molecule has 6 heteroatoms. The molecule has 0 aliphatic carbocycles. The molecule has 6 nitrogen and oxygen atoms in total. The summed E-state index contributed by atoms with van der Waals surface area (Å²) in [6.07, 6.45) is 2.11. The molecule has 156 valence electrons. The molecule has 0 radical (unpaired) electrons. The highest BCUT2D eigenvalue weighted by Crippen LogP contribution is 2.18. The number of benzene rings is 2. The summed E-state index contributed by atoms with van der Waals surface area (Å²) in [6.45, 7) is 2.61. The van der Waals surface area contributed by atoms with Gasteiger partial charge in [0.25, 0.3) is 0 Å². The van der Waals surface area contributed by atoms with Gasteiger partial charge in [0.2, 0.25) is 5.91 Å². The van der Waals surface area contributed by atoms with Crippen LogP contribution in [-0.4, -0.2) is 57.0 Å². The van der Waals surface area contributed by atoms with E-state index < -0.39 is 0 Å². The Bertz CT molecular complexity index is 746. The van der Waals surface area contributed by atoms with Crippen LogP contribution in [0.4, 0.5) is 0 Å². The van der Waals surface area contributed by atoms with Gasteiger partial charge in [-0.1, -0.05) is 30.3 Å². The van der Waals surface area contributed by atoms with Gasteiger partial charge in [-0.15, -0.1) is 0 Å². The monoisotopic (exact) mass is 399 g/mol. The van der Waals surface area contributed by atoms with Gasteiger partial charge >= 0.3 is 0 Å². The molecule has 1 unspecified atom stereocenters. The number of methoxy groups -OCH3 is 1. The first-order valence-corrected chi connectivity index (χ1v) is 10.0. The molecule has 2 aromatic rings. The molecule has 1 atom stereocenters. The van der Waals surface area contributed by atoms with Crippen molar-refractivity contribution < 1.29 is 23.7 Å². The zero-order valence-corrected chi connectivity index (χ0v) is 16.9. The van der Waals surface area contributed by atoms with Crippen molar-refractivity contribution in [3.05, 3.63) is 60.2 Å². The van der Waals surface area contributed by atoms with Crippen molar-refractivity contribution >= 4 is 5.91 Å². The fraction of sp³-hybridized carbons (Fsp3) is 0.435. The Hall–Kier alpha value is -2.57. The van der Waals surface area contributed by atoms with Crippen molar-refractivity contribution in [2.45, 2.75) is 25.5 Å². The molecule has 1 saturated heterocycles.